The van der Waals surface area contributed by atoms with Crippen LogP contribution in [-0.4, -0.2) is 191 Å². The molecule has 0 fully saturated rings. The highest BCUT2D eigenvalue weighted by atomic mass is 16.3. The number of aryl methyl sites for hydroxylation is 1. The number of nitrogens with one attached hydrogen (secondary N) is 12. The third-order valence-electron chi connectivity index (χ3n) is 19.9. The first-order chi connectivity index (χ1) is 52.7. The first-order valence-electron chi connectivity index (χ1n) is 37.7. The molecule has 10 amide bonds. The molecule has 5 aromatic rings. The lowest BCUT2D eigenvalue weighted by Crippen LogP contribution is -2.61. The molecule has 0 radical (unpaired) electrons. The van der Waals surface area contributed by atoms with Crippen LogP contribution < -0.4 is 85.6 Å². The van der Waals surface area contributed by atoms with Gasteiger partial charge in [0.15, 0.2) is 11.9 Å². The van der Waals surface area contributed by atoms with E-state index < -0.39 is 108 Å². The van der Waals surface area contributed by atoms with E-state index in [9.17, 15) is 43.2 Å². The fourth-order valence-electron chi connectivity index (χ4n) is 13.6. The van der Waals surface area contributed by atoms with Crippen LogP contribution >= 0.6 is 0 Å². The number of carbonyl (C=O) groups excluding carboxylic acids is 10. The van der Waals surface area contributed by atoms with Gasteiger partial charge in [-0.15, -0.1) is 5.10 Å². The van der Waals surface area contributed by atoms with Crippen molar-refractivity contribution in [2.75, 3.05) is 57.8 Å². The summed E-state index contributed by atoms with van der Waals surface area (Å²) in [6.07, 6.45) is 2.85. The number of fused-ring (bicyclic) bond motifs is 5. The Morgan fingerprint density at radius 3 is 2.00 bits per heavy atom. The molecule has 590 valence electrons. The first-order valence-corrected chi connectivity index (χ1v) is 37.7. The Hall–Kier alpha value is -11.9. The fourth-order valence-corrected chi connectivity index (χ4v) is 13.6. The number of nitrogens with two attached hydrogens (primary N) is 4. The van der Waals surface area contributed by atoms with Crippen molar-refractivity contribution in [3.63, 3.8) is 0 Å². The van der Waals surface area contributed by atoms with Crippen LogP contribution in [0.3, 0.4) is 0 Å². The molecular formula is C77H107N22O11+. The van der Waals surface area contributed by atoms with Gasteiger partial charge in [-0.3, -0.25) is 63.4 Å². The van der Waals surface area contributed by atoms with E-state index in [0.29, 0.717) is 58.2 Å². The predicted molar refractivity (Wildman–Crippen MR) is 418 cm³/mol. The number of primary amides is 2. The summed E-state index contributed by atoms with van der Waals surface area (Å²) >= 11 is 0. The van der Waals surface area contributed by atoms with Crippen molar-refractivity contribution in [1.29, 1.82) is 10.8 Å². The minimum atomic E-state index is -1.80. The summed E-state index contributed by atoms with van der Waals surface area (Å²) in [6, 6.07) is 16.5. The number of hydrogen-bond acceptors (Lipinski definition) is 16. The molecule has 4 heterocycles. The van der Waals surface area contributed by atoms with Crippen LogP contribution in [0.2, 0.25) is 0 Å². The molecule has 2 aliphatic heterocycles. The second-order valence-corrected chi connectivity index (χ2v) is 27.6. The molecule has 33 heteroatoms. The van der Waals surface area contributed by atoms with E-state index in [1.54, 1.807) is 69.7 Å². The van der Waals surface area contributed by atoms with Gasteiger partial charge in [0, 0.05) is 129 Å². The smallest absolute Gasteiger partial charge is 0.254 e. The summed E-state index contributed by atoms with van der Waals surface area (Å²) in [5.74, 6) is -8.96. The first kappa shape index (κ1) is 83.7. The van der Waals surface area contributed by atoms with Crippen molar-refractivity contribution in [1.82, 2.24) is 77.3 Å². The van der Waals surface area contributed by atoms with Crippen molar-refractivity contribution in [3.8, 4) is 22.5 Å². The highest BCUT2D eigenvalue weighted by Crippen LogP contribution is 2.42. The van der Waals surface area contributed by atoms with E-state index in [2.05, 4.69) is 112 Å². The van der Waals surface area contributed by atoms with Gasteiger partial charge in [0.25, 0.3) is 5.91 Å². The fraction of sp³-hybridized carbons (Fsp3) is 0.468. The summed E-state index contributed by atoms with van der Waals surface area (Å²) in [6.45, 7) is 15.4. The summed E-state index contributed by atoms with van der Waals surface area (Å²) < 4.78 is 10.5. The van der Waals surface area contributed by atoms with Crippen molar-refractivity contribution < 1.29 is 52.4 Å². The average molecular weight is 1520 g/mol. The van der Waals surface area contributed by atoms with Gasteiger partial charge in [-0.1, -0.05) is 61.9 Å². The highest BCUT2D eigenvalue weighted by Gasteiger charge is 2.37. The molecule has 33 nitrogen and oxygen atoms in total. The minimum Gasteiger partial charge on any atom is -0.456 e. The van der Waals surface area contributed by atoms with Crippen LogP contribution in [0.1, 0.15) is 134 Å². The Labute approximate surface area is 638 Å². The minimum absolute atomic E-state index is 0.0355. The largest absolute Gasteiger partial charge is 0.456 e. The number of anilines is 1. The van der Waals surface area contributed by atoms with Crippen molar-refractivity contribution in [2.24, 2.45) is 28.9 Å². The molecule has 3 aromatic carbocycles. The van der Waals surface area contributed by atoms with Gasteiger partial charge >= 0.3 is 0 Å². The van der Waals surface area contributed by atoms with E-state index in [4.69, 9.17) is 38.2 Å². The summed E-state index contributed by atoms with van der Waals surface area (Å²) in [7, 11) is 1.64. The highest BCUT2D eigenvalue weighted by molar-refractivity contribution is 6.10. The SMILES string of the molecule is CC[C@H](C)[C@@H]1NC(=O)[C@H](Cc2c[nH]c3ccccc23)NC(=O)[C@H](CC(N)=O)NC(=O)[C@H](CCCNC(=N)N)NC(=O)[C@@H](NC(=O)CCCN(C)C(=O)c2ccccc2-c2c3ccc(=[N+](CC)CC)cc-3oc3cc(N(CC)CC)ccc23)Cc2cn(nn2)CCCC[C@@H](C(N)=O)NC(=O)[C@H](CCCNC(=N)N)NC1=O. The quantitative estimate of drug-likeness (QED) is 0.0115. The van der Waals surface area contributed by atoms with E-state index >= 15 is 4.79 Å². The number of para-hydroxylation sites is 1. The molecule has 0 saturated carbocycles. The molecule has 1 aliphatic carbocycles. The van der Waals surface area contributed by atoms with Crippen molar-refractivity contribution >= 4 is 98.6 Å². The lowest BCUT2D eigenvalue weighted by atomic mass is 9.90. The maximum atomic E-state index is 15.0. The number of rotatable bonds is 27. The predicted octanol–water partition coefficient (Wildman–Crippen LogP) is 1.78. The summed E-state index contributed by atoms with van der Waals surface area (Å²) in [4.78, 5) is 151. The van der Waals surface area contributed by atoms with E-state index in [-0.39, 0.29) is 107 Å². The third-order valence-corrected chi connectivity index (χ3v) is 19.9. The standard InChI is InChI=1S/C77H106N22O11/c1-8-45(6)67-74(108)90-58(28-20-35-85-77(82)83)69(103)88-56(68(79)102)26-17-18-37-99-44-47(94-95-99)39-60(71(105)89-57(27-19-34-84-76(80)81)70(104)92-61(42-64(78)100)72(106)91-59(73(107)93-67)38-46-43-86-55-25-16-15-22-50(46)55)87-65(101)29-21-36-96(7)75(109)52-24-14-13-23-51(52)66-53-32-30-48(97(9-2)10-3)40-62(53)110-63-41-49(31-33-54(63)66)98(11-4)12-5/h13-16,22-25,30-33,40-41,43-45,56-61,67,86H,8-12,17-21,26-29,34-39,42H2,1-7H3,(H18-,78,79,80,81,82,83,84,85,87,88,89,90,91,92,93,100,101,102,103,104,105,106,107,108)/p+1/t45-,56-,57-,58-,59-,60-,61-,67-/m0/s1. The van der Waals surface area contributed by atoms with Crippen LogP contribution in [0, 0.1) is 16.7 Å². The summed E-state index contributed by atoms with van der Waals surface area (Å²) in [5, 5.41) is 50.8. The number of H-pyrrole nitrogens is 1. The molecule has 8 atom stereocenters. The Balaban J connectivity index is 1.10. The molecule has 20 N–H and O–H groups in total. The molecule has 2 bridgehead atoms. The number of aromatic amines is 1. The van der Waals surface area contributed by atoms with E-state index in [0.717, 1.165) is 53.7 Å². The number of amides is 10. The molecule has 110 heavy (non-hydrogen) atoms. The molecule has 0 unspecified atom stereocenters. The second-order valence-electron chi connectivity index (χ2n) is 27.6. The number of carbonyl (C=O) groups is 10. The zero-order valence-electron chi connectivity index (χ0n) is 63.7. The Morgan fingerprint density at radius 1 is 0.700 bits per heavy atom. The molecule has 8 rings (SSSR count). The molecule has 0 saturated heterocycles. The van der Waals surface area contributed by atoms with Crippen molar-refractivity contribution in [3.05, 3.63) is 120 Å². The normalized spacial score (nSPS) is 19.0. The Morgan fingerprint density at radius 2 is 1.34 bits per heavy atom. The van der Waals surface area contributed by atoms with Crippen LogP contribution in [0.25, 0.3) is 44.3 Å². The van der Waals surface area contributed by atoms with Gasteiger partial charge in [0.1, 0.15) is 66.7 Å². The van der Waals surface area contributed by atoms with Crippen molar-refractivity contribution in [2.45, 2.75) is 174 Å². The van der Waals surface area contributed by atoms with Crippen LogP contribution in [0.15, 0.2) is 102 Å². The second kappa shape index (κ2) is 40.3. The van der Waals surface area contributed by atoms with Gasteiger partial charge in [-0.2, -0.15) is 0 Å². The van der Waals surface area contributed by atoms with Crippen LogP contribution in [0.4, 0.5) is 5.69 Å². The number of hydrogen-bond donors (Lipinski definition) is 16. The number of guanidine groups is 2. The maximum Gasteiger partial charge on any atom is 0.254 e. The molecule has 2 aromatic heterocycles. The molecular weight excluding hydrogens is 1410 g/mol. The van der Waals surface area contributed by atoms with Gasteiger partial charge in [-0.05, 0) is 126 Å². The molecule has 0 spiro atoms. The van der Waals surface area contributed by atoms with Gasteiger partial charge in [-0.25, -0.2) is 4.58 Å². The third kappa shape index (κ3) is 22.8. The van der Waals surface area contributed by atoms with Crippen LogP contribution in [0.5, 0.6) is 0 Å². The number of nitrogens with zero attached hydrogens (tertiary/aromatic N) is 6. The zero-order chi connectivity index (χ0) is 79.7. The lowest BCUT2D eigenvalue weighted by molar-refractivity contribution is -0.136. The number of aromatic nitrogens is 4. The van der Waals surface area contributed by atoms with Crippen LogP contribution in [-0.2, 0) is 62.5 Å². The Bertz CT molecular complexity index is 4480. The topological polar surface area (TPSA) is 500 Å². The van der Waals surface area contributed by atoms with Gasteiger partial charge in [0.05, 0.1) is 18.2 Å². The number of benzene rings is 4. The molecule has 3 aliphatic rings. The van der Waals surface area contributed by atoms with E-state index in [1.807, 2.05) is 36.4 Å². The lowest BCUT2D eigenvalue weighted by Gasteiger charge is -2.29. The average Bonchev–Trinajstić information content (AvgIpc) is 0.889. The summed E-state index contributed by atoms with van der Waals surface area (Å²) in [5.41, 5.74) is 28.6. The van der Waals surface area contributed by atoms with Gasteiger partial charge in [0.2, 0.25) is 58.5 Å². The van der Waals surface area contributed by atoms with Gasteiger partial charge < -0.3 is 90.0 Å². The van der Waals surface area contributed by atoms with E-state index in [1.165, 1.54) is 9.58 Å². The Kier molecular flexibility index (Phi) is 30.7. The monoisotopic (exact) mass is 1520 g/mol. The maximum absolute atomic E-state index is 15.0. The zero-order valence-corrected chi connectivity index (χ0v) is 63.7.